The van der Waals surface area contributed by atoms with E-state index in [1.807, 2.05) is 6.92 Å². The average Bonchev–Trinajstić information content (AvgIpc) is 2.60. The molecule has 0 spiro atoms. The molecule has 0 saturated heterocycles. The van der Waals surface area contributed by atoms with E-state index in [1.54, 1.807) is 12.1 Å². The van der Waals surface area contributed by atoms with E-state index in [2.05, 4.69) is 20.3 Å². The summed E-state index contributed by atoms with van der Waals surface area (Å²) in [5, 5.41) is 10.5. The Balaban J connectivity index is 2.42. The highest BCUT2D eigenvalue weighted by Gasteiger charge is 2.11. The van der Waals surface area contributed by atoms with Gasteiger partial charge in [0.25, 0.3) is 5.69 Å². The first-order chi connectivity index (χ1) is 7.59. The van der Waals surface area contributed by atoms with Crippen LogP contribution in [0.4, 0.5) is 5.69 Å². The van der Waals surface area contributed by atoms with E-state index in [4.69, 9.17) is 0 Å². The van der Waals surface area contributed by atoms with E-state index in [0.29, 0.717) is 0 Å². The Morgan fingerprint density at radius 2 is 2.00 bits per heavy atom. The van der Waals surface area contributed by atoms with Gasteiger partial charge < -0.3 is 0 Å². The molecule has 4 nitrogen and oxygen atoms in total. The van der Waals surface area contributed by atoms with Crippen LogP contribution in [0.3, 0.4) is 0 Å². The van der Waals surface area contributed by atoms with E-state index < -0.39 is 4.92 Å². The van der Waals surface area contributed by atoms with Crippen LogP contribution in [0, 0.1) is 17.0 Å². The third-order valence-corrected chi connectivity index (χ3v) is 4.13. The number of aryl methyl sites for hydroxylation is 1. The second-order valence-corrected chi connectivity index (χ2v) is 4.98. The van der Waals surface area contributed by atoms with E-state index in [0.717, 1.165) is 20.6 Å². The Kier molecular flexibility index (Phi) is 3.02. The fourth-order valence-electron chi connectivity index (χ4n) is 1.28. The van der Waals surface area contributed by atoms with Crippen molar-refractivity contribution >= 4 is 33.1 Å². The minimum absolute atomic E-state index is 0.0897. The molecule has 2 aromatic rings. The van der Waals surface area contributed by atoms with Gasteiger partial charge in [-0.25, -0.2) is 0 Å². The SMILES string of the molecule is Cc1snc(-c2ccc([N+](=O)[O-])cc2)c1Br. The van der Waals surface area contributed by atoms with Crippen molar-refractivity contribution in [1.29, 1.82) is 0 Å². The first-order valence-electron chi connectivity index (χ1n) is 4.46. The van der Waals surface area contributed by atoms with Gasteiger partial charge in [0.05, 0.1) is 15.1 Å². The summed E-state index contributed by atoms with van der Waals surface area (Å²) in [6, 6.07) is 6.38. The van der Waals surface area contributed by atoms with E-state index >= 15 is 0 Å². The molecule has 1 heterocycles. The van der Waals surface area contributed by atoms with E-state index in [1.165, 1.54) is 23.7 Å². The van der Waals surface area contributed by atoms with Crippen molar-refractivity contribution in [1.82, 2.24) is 4.37 Å². The van der Waals surface area contributed by atoms with Crippen molar-refractivity contribution in [2.75, 3.05) is 0 Å². The zero-order valence-corrected chi connectivity index (χ0v) is 10.7. The Morgan fingerprint density at radius 1 is 1.38 bits per heavy atom. The molecule has 0 aliphatic heterocycles. The minimum atomic E-state index is -0.412. The molecule has 16 heavy (non-hydrogen) atoms. The van der Waals surface area contributed by atoms with Gasteiger partial charge in [0.15, 0.2) is 0 Å². The summed E-state index contributed by atoms with van der Waals surface area (Å²) >= 11 is 4.85. The van der Waals surface area contributed by atoms with Crippen molar-refractivity contribution in [3.05, 3.63) is 43.7 Å². The number of hydrogen-bond acceptors (Lipinski definition) is 4. The summed E-state index contributed by atoms with van der Waals surface area (Å²) < 4.78 is 5.24. The zero-order chi connectivity index (χ0) is 11.7. The Hall–Kier alpha value is -1.27. The number of benzene rings is 1. The van der Waals surface area contributed by atoms with E-state index in [-0.39, 0.29) is 5.69 Å². The number of aromatic nitrogens is 1. The molecule has 0 saturated carbocycles. The lowest BCUT2D eigenvalue weighted by Crippen LogP contribution is -1.87. The predicted molar refractivity (Wildman–Crippen MR) is 66.6 cm³/mol. The summed E-state index contributed by atoms with van der Waals surface area (Å²) in [4.78, 5) is 11.2. The molecular weight excluding hydrogens is 292 g/mol. The molecule has 0 bridgehead atoms. The first-order valence-corrected chi connectivity index (χ1v) is 6.03. The topological polar surface area (TPSA) is 56.0 Å². The molecule has 0 aliphatic rings. The van der Waals surface area contributed by atoms with Crippen molar-refractivity contribution in [3.63, 3.8) is 0 Å². The molecule has 2 rings (SSSR count). The molecule has 0 aliphatic carbocycles. The highest BCUT2D eigenvalue weighted by atomic mass is 79.9. The van der Waals surface area contributed by atoms with Crippen LogP contribution in [0.25, 0.3) is 11.3 Å². The van der Waals surface area contributed by atoms with Gasteiger partial charge in [0.2, 0.25) is 0 Å². The van der Waals surface area contributed by atoms with Gasteiger partial charge in [-0.15, -0.1) is 0 Å². The van der Waals surface area contributed by atoms with Crippen molar-refractivity contribution in [2.24, 2.45) is 0 Å². The maximum Gasteiger partial charge on any atom is 0.269 e. The maximum atomic E-state index is 10.5. The number of nitrogens with zero attached hydrogens (tertiary/aromatic N) is 2. The van der Waals surface area contributed by atoms with Crippen LogP contribution >= 0.6 is 27.5 Å². The smallest absolute Gasteiger partial charge is 0.258 e. The largest absolute Gasteiger partial charge is 0.269 e. The molecule has 0 unspecified atom stereocenters. The van der Waals surface area contributed by atoms with Gasteiger partial charge in [-0.3, -0.25) is 10.1 Å². The van der Waals surface area contributed by atoms with Crippen molar-refractivity contribution in [2.45, 2.75) is 6.92 Å². The molecule has 0 atom stereocenters. The first kappa shape index (κ1) is 11.2. The standard InChI is InChI=1S/C10H7BrN2O2S/c1-6-9(11)10(12-16-6)7-2-4-8(5-3-7)13(14)15/h2-5H,1H3. The minimum Gasteiger partial charge on any atom is -0.258 e. The van der Waals surface area contributed by atoms with Crippen LogP contribution < -0.4 is 0 Å². The fourth-order valence-corrected chi connectivity index (χ4v) is 2.54. The number of nitro benzene ring substituents is 1. The van der Waals surface area contributed by atoms with Gasteiger partial charge >= 0.3 is 0 Å². The molecule has 1 aromatic heterocycles. The van der Waals surface area contributed by atoms with Crippen LogP contribution in [0.2, 0.25) is 0 Å². The molecule has 6 heteroatoms. The summed E-state index contributed by atoms with van der Waals surface area (Å²) in [5.74, 6) is 0. The molecule has 0 radical (unpaired) electrons. The Bertz CT molecular complexity index is 536. The monoisotopic (exact) mass is 298 g/mol. The summed E-state index contributed by atoms with van der Waals surface area (Å²) in [6.07, 6.45) is 0. The normalized spacial score (nSPS) is 10.4. The molecule has 0 fully saturated rings. The summed E-state index contributed by atoms with van der Waals surface area (Å²) in [5.41, 5.74) is 1.80. The number of nitro groups is 1. The number of non-ortho nitro benzene ring substituents is 1. The van der Waals surface area contributed by atoms with Gasteiger partial charge in [-0.2, -0.15) is 4.37 Å². The van der Waals surface area contributed by atoms with Gasteiger partial charge in [-0.1, -0.05) is 0 Å². The molecule has 0 N–H and O–H groups in total. The highest BCUT2D eigenvalue weighted by molar-refractivity contribution is 9.10. The van der Waals surface area contributed by atoms with Gasteiger partial charge in [0, 0.05) is 22.6 Å². The number of halogens is 1. The third kappa shape index (κ3) is 1.98. The van der Waals surface area contributed by atoms with Crippen molar-refractivity contribution in [3.8, 4) is 11.3 Å². The Labute approximate surface area is 104 Å². The average molecular weight is 299 g/mol. The Morgan fingerprint density at radius 3 is 2.44 bits per heavy atom. The lowest BCUT2D eigenvalue weighted by Gasteiger charge is -1.97. The lowest BCUT2D eigenvalue weighted by atomic mass is 10.1. The predicted octanol–water partition coefficient (Wildman–Crippen LogP) is 3.79. The molecule has 82 valence electrons. The van der Waals surface area contributed by atoms with Gasteiger partial charge in [0.1, 0.15) is 0 Å². The number of hydrogen-bond donors (Lipinski definition) is 0. The summed E-state index contributed by atoms with van der Waals surface area (Å²) in [6.45, 7) is 1.97. The molecular formula is C10H7BrN2O2S. The second-order valence-electron chi connectivity index (χ2n) is 3.21. The second kappa shape index (κ2) is 4.31. The van der Waals surface area contributed by atoms with Crippen LogP contribution in [0.15, 0.2) is 28.7 Å². The summed E-state index contributed by atoms with van der Waals surface area (Å²) in [7, 11) is 0. The third-order valence-electron chi connectivity index (χ3n) is 2.14. The van der Waals surface area contributed by atoms with Crippen LogP contribution in [0.1, 0.15) is 4.88 Å². The highest BCUT2D eigenvalue weighted by Crippen LogP contribution is 2.33. The van der Waals surface area contributed by atoms with Gasteiger partial charge in [-0.05, 0) is 46.5 Å². The quantitative estimate of drug-likeness (QED) is 0.626. The van der Waals surface area contributed by atoms with Crippen LogP contribution in [-0.2, 0) is 0 Å². The van der Waals surface area contributed by atoms with E-state index in [9.17, 15) is 10.1 Å². The maximum absolute atomic E-state index is 10.5. The molecule has 1 aromatic carbocycles. The number of rotatable bonds is 2. The zero-order valence-electron chi connectivity index (χ0n) is 8.31. The lowest BCUT2D eigenvalue weighted by molar-refractivity contribution is -0.384. The fraction of sp³-hybridized carbons (Fsp3) is 0.100. The molecule has 0 amide bonds. The van der Waals surface area contributed by atoms with Crippen LogP contribution in [0.5, 0.6) is 0 Å². The van der Waals surface area contributed by atoms with Crippen LogP contribution in [-0.4, -0.2) is 9.30 Å². The van der Waals surface area contributed by atoms with Crippen molar-refractivity contribution < 1.29 is 4.92 Å².